The molecule has 7 nitrogen and oxygen atoms in total. The van der Waals surface area contributed by atoms with Gasteiger partial charge in [0.15, 0.2) is 6.10 Å². The Hall–Kier alpha value is -2.44. The number of esters is 3. The highest BCUT2D eigenvalue weighted by Gasteiger charge is 2.20. The number of carbonyl (C=O) groups excluding carboxylic acids is 3. The molecule has 0 radical (unpaired) electrons. The zero-order valence-electron chi connectivity index (χ0n) is 26.8. The third-order valence-electron chi connectivity index (χ3n) is 7.49. The first kappa shape index (κ1) is 37.6. The quantitative estimate of drug-likeness (QED) is 0.0546. The molecule has 1 atom stereocenters. The molecule has 1 unspecified atom stereocenters. The van der Waals surface area contributed by atoms with Crippen molar-refractivity contribution in [2.45, 2.75) is 161 Å². The van der Waals surface area contributed by atoms with Crippen molar-refractivity contribution in [2.24, 2.45) is 0 Å². The van der Waals surface area contributed by atoms with Gasteiger partial charge in [0.25, 0.3) is 0 Å². The van der Waals surface area contributed by atoms with E-state index in [-0.39, 0.29) is 25.2 Å². The van der Waals surface area contributed by atoms with Gasteiger partial charge in [-0.05, 0) is 25.0 Å². The number of aromatic nitrogens is 1. The highest BCUT2D eigenvalue weighted by molar-refractivity contribution is 5.88. The average Bonchev–Trinajstić information content (AvgIpc) is 3.00. The highest BCUT2D eigenvalue weighted by Crippen LogP contribution is 2.14. The molecule has 0 N–H and O–H groups in total. The van der Waals surface area contributed by atoms with Crippen molar-refractivity contribution < 1.29 is 28.6 Å². The number of ether oxygens (including phenoxy) is 3. The molecule has 1 rings (SSSR count). The number of pyridine rings is 1. The Bertz CT molecular complexity index is 800. The fourth-order valence-electron chi connectivity index (χ4n) is 4.87. The Kier molecular flexibility index (Phi) is 24.5. The van der Waals surface area contributed by atoms with Gasteiger partial charge in [-0.1, -0.05) is 129 Å². The molecule has 7 heteroatoms. The number of unbranched alkanes of at least 4 members (excludes halogenated alkanes) is 18. The van der Waals surface area contributed by atoms with Crippen LogP contribution in [0.15, 0.2) is 24.5 Å². The molecule has 0 spiro atoms. The van der Waals surface area contributed by atoms with Crippen LogP contribution in [-0.4, -0.2) is 42.2 Å². The van der Waals surface area contributed by atoms with Gasteiger partial charge in [-0.15, -0.1) is 0 Å². The average molecular weight is 590 g/mol. The Morgan fingerprint density at radius 2 is 1.07 bits per heavy atom. The minimum Gasteiger partial charge on any atom is -0.462 e. The largest absolute Gasteiger partial charge is 0.462 e. The van der Waals surface area contributed by atoms with Gasteiger partial charge in [0.2, 0.25) is 0 Å². The van der Waals surface area contributed by atoms with E-state index in [4.69, 9.17) is 14.2 Å². The molecule has 0 amide bonds. The smallest absolute Gasteiger partial charge is 0.339 e. The van der Waals surface area contributed by atoms with Crippen LogP contribution in [0.2, 0.25) is 0 Å². The van der Waals surface area contributed by atoms with Crippen LogP contribution in [0.3, 0.4) is 0 Å². The molecule has 0 saturated heterocycles. The molecule has 240 valence electrons. The lowest BCUT2D eigenvalue weighted by atomic mass is 10.0. The van der Waals surface area contributed by atoms with Crippen LogP contribution in [0, 0.1) is 0 Å². The summed E-state index contributed by atoms with van der Waals surface area (Å²) in [7, 11) is 0. The number of nitrogens with zero attached hydrogens (tertiary/aromatic N) is 1. The van der Waals surface area contributed by atoms with Crippen molar-refractivity contribution >= 4 is 17.9 Å². The summed E-state index contributed by atoms with van der Waals surface area (Å²) >= 11 is 0. The van der Waals surface area contributed by atoms with E-state index < -0.39 is 12.1 Å². The molecular formula is C35H59NO6. The van der Waals surface area contributed by atoms with Gasteiger partial charge < -0.3 is 14.2 Å². The van der Waals surface area contributed by atoms with Crippen molar-refractivity contribution in [2.75, 3.05) is 13.2 Å². The van der Waals surface area contributed by atoms with Gasteiger partial charge in [-0.3, -0.25) is 14.6 Å². The monoisotopic (exact) mass is 589 g/mol. The van der Waals surface area contributed by atoms with Crippen LogP contribution < -0.4 is 0 Å². The van der Waals surface area contributed by atoms with E-state index in [0.717, 1.165) is 38.5 Å². The summed E-state index contributed by atoms with van der Waals surface area (Å²) < 4.78 is 16.3. The summed E-state index contributed by atoms with van der Waals surface area (Å²) in [4.78, 5) is 41.0. The third kappa shape index (κ3) is 22.2. The topological polar surface area (TPSA) is 91.8 Å². The van der Waals surface area contributed by atoms with E-state index >= 15 is 0 Å². The maximum atomic E-state index is 12.5. The molecule has 1 aromatic heterocycles. The SMILES string of the molecule is CCCCCCCCCCCCCCCC(=O)OC(COC(=O)CCCCCCCCC)COC(=O)c1cccnc1. The first-order chi connectivity index (χ1) is 20.6. The van der Waals surface area contributed by atoms with Gasteiger partial charge in [0.1, 0.15) is 13.2 Å². The lowest BCUT2D eigenvalue weighted by Gasteiger charge is -2.18. The van der Waals surface area contributed by atoms with Gasteiger partial charge in [0, 0.05) is 25.2 Å². The molecule has 0 fully saturated rings. The minimum atomic E-state index is -0.835. The predicted molar refractivity (Wildman–Crippen MR) is 168 cm³/mol. The zero-order chi connectivity index (χ0) is 30.5. The van der Waals surface area contributed by atoms with Crippen LogP contribution in [0.1, 0.15) is 165 Å². The number of rotatable bonds is 28. The van der Waals surface area contributed by atoms with Crippen molar-refractivity contribution in [3.63, 3.8) is 0 Å². The summed E-state index contributed by atoms with van der Waals surface area (Å²) in [6, 6.07) is 3.25. The van der Waals surface area contributed by atoms with Crippen molar-refractivity contribution in [3.05, 3.63) is 30.1 Å². The minimum absolute atomic E-state index is 0.125. The third-order valence-corrected chi connectivity index (χ3v) is 7.49. The number of hydrogen-bond donors (Lipinski definition) is 0. The normalized spacial score (nSPS) is 11.7. The Morgan fingerprint density at radius 1 is 0.619 bits per heavy atom. The van der Waals surface area contributed by atoms with E-state index in [1.54, 1.807) is 18.3 Å². The van der Waals surface area contributed by atoms with Crippen molar-refractivity contribution in [1.29, 1.82) is 0 Å². The second-order valence-corrected chi connectivity index (χ2v) is 11.5. The molecule has 0 aliphatic carbocycles. The summed E-state index contributed by atoms with van der Waals surface area (Å²) in [5.41, 5.74) is 0.311. The Morgan fingerprint density at radius 3 is 1.55 bits per heavy atom. The summed E-state index contributed by atoms with van der Waals surface area (Å²) in [5, 5.41) is 0. The molecule has 0 aliphatic heterocycles. The molecule has 1 heterocycles. The molecule has 0 bridgehead atoms. The second-order valence-electron chi connectivity index (χ2n) is 11.5. The second kappa shape index (κ2) is 27.4. The maximum absolute atomic E-state index is 12.5. The summed E-state index contributed by atoms with van der Waals surface area (Å²) in [5.74, 6) is -1.24. The molecule has 0 saturated carbocycles. The van der Waals surface area contributed by atoms with Crippen LogP contribution >= 0.6 is 0 Å². The van der Waals surface area contributed by atoms with E-state index in [9.17, 15) is 14.4 Å². The predicted octanol–water partition coefficient (Wildman–Crippen LogP) is 9.32. The Balaban J connectivity index is 2.29. The standard InChI is InChI=1S/C35H59NO6/c1-3-5-7-9-11-12-13-14-15-16-18-20-22-26-34(38)42-32(30-41-35(39)31-24-23-27-36-28-31)29-40-33(37)25-21-19-17-10-8-6-4-2/h23-24,27-28,32H,3-22,25-26,29-30H2,1-2H3. The lowest BCUT2D eigenvalue weighted by Crippen LogP contribution is -2.31. The van der Waals surface area contributed by atoms with Crippen molar-refractivity contribution in [3.8, 4) is 0 Å². The van der Waals surface area contributed by atoms with Crippen LogP contribution in [0.5, 0.6) is 0 Å². The van der Waals surface area contributed by atoms with E-state index in [2.05, 4.69) is 18.8 Å². The highest BCUT2D eigenvalue weighted by atomic mass is 16.6. The Labute approximate surface area is 255 Å². The van der Waals surface area contributed by atoms with Crippen LogP contribution in [-0.2, 0) is 23.8 Å². The summed E-state index contributed by atoms with van der Waals surface area (Å²) in [6.07, 6.45) is 26.7. The molecular weight excluding hydrogens is 530 g/mol. The van der Waals surface area contributed by atoms with Crippen molar-refractivity contribution in [1.82, 2.24) is 4.98 Å². The van der Waals surface area contributed by atoms with Gasteiger partial charge >= 0.3 is 17.9 Å². The van der Waals surface area contributed by atoms with Gasteiger partial charge in [-0.25, -0.2) is 4.79 Å². The summed E-state index contributed by atoms with van der Waals surface area (Å²) in [6.45, 7) is 4.14. The van der Waals surface area contributed by atoms with E-state index in [0.29, 0.717) is 18.4 Å². The first-order valence-corrected chi connectivity index (χ1v) is 17.0. The zero-order valence-corrected chi connectivity index (χ0v) is 26.8. The fourth-order valence-corrected chi connectivity index (χ4v) is 4.87. The lowest BCUT2D eigenvalue weighted by molar-refractivity contribution is -0.161. The van der Waals surface area contributed by atoms with E-state index in [1.807, 2.05) is 0 Å². The van der Waals surface area contributed by atoms with Crippen LogP contribution in [0.25, 0.3) is 0 Å². The molecule has 0 aromatic carbocycles. The molecule has 42 heavy (non-hydrogen) atoms. The van der Waals surface area contributed by atoms with E-state index in [1.165, 1.54) is 96.1 Å². The fraction of sp³-hybridized carbons (Fsp3) is 0.771. The van der Waals surface area contributed by atoms with Crippen LogP contribution in [0.4, 0.5) is 0 Å². The number of hydrogen-bond acceptors (Lipinski definition) is 7. The maximum Gasteiger partial charge on any atom is 0.339 e. The number of carbonyl (C=O) groups is 3. The first-order valence-electron chi connectivity index (χ1n) is 17.0. The molecule has 0 aliphatic rings. The molecule has 1 aromatic rings. The van der Waals surface area contributed by atoms with Gasteiger partial charge in [-0.2, -0.15) is 0 Å². The van der Waals surface area contributed by atoms with Gasteiger partial charge in [0.05, 0.1) is 5.56 Å².